The lowest BCUT2D eigenvalue weighted by Crippen LogP contribution is -2.03. The van der Waals surface area contributed by atoms with Crippen LogP contribution in [0.2, 0.25) is 5.02 Å². The Kier molecular flexibility index (Phi) is 1.77. The standard InChI is InChI=1S/C6H5BClN/c1-4-6(8)2-5(7)3-9-4/h2-3H,1H3. The Balaban J connectivity index is 3.17. The minimum Gasteiger partial charge on any atom is -0.261 e. The number of aromatic nitrogens is 1. The fourth-order valence-electron chi connectivity index (χ4n) is 0.521. The van der Waals surface area contributed by atoms with Gasteiger partial charge in [0.2, 0.25) is 0 Å². The van der Waals surface area contributed by atoms with Crippen LogP contribution in [0.1, 0.15) is 5.69 Å². The van der Waals surface area contributed by atoms with Crippen LogP contribution in [-0.2, 0) is 0 Å². The van der Waals surface area contributed by atoms with E-state index in [0.717, 1.165) is 5.69 Å². The highest BCUT2D eigenvalue weighted by molar-refractivity contribution is 6.36. The van der Waals surface area contributed by atoms with Gasteiger partial charge in [0.05, 0.1) is 10.7 Å². The van der Waals surface area contributed by atoms with Gasteiger partial charge in [-0.3, -0.25) is 4.98 Å². The molecular weight excluding hydrogens is 132 g/mol. The fourth-order valence-corrected chi connectivity index (χ4v) is 0.696. The van der Waals surface area contributed by atoms with Crippen molar-refractivity contribution in [1.29, 1.82) is 0 Å². The summed E-state index contributed by atoms with van der Waals surface area (Å²) in [6.07, 6.45) is 1.58. The summed E-state index contributed by atoms with van der Waals surface area (Å²) in [4.78, 5) is 3.92. The van der Waals surface area contributed by atoms with Crippen molar-refractivity contribution in [3.63, 3.8) is 0 Å². The summed E-state index contributed by atoms with van der Waals surface area (Å²) in [6, 6.07) is 1.68. The van der Waals surface area contributed by atoms with Crippen molar-refractivity contribution in [2.45, 2.75) is 6.92 Å². The summed E-state index contributed by atoms with van der Waals surface area (Å²) in [6.45, 7) is 1.84. The molecule has 0 saturated carbocycles. The maximum Gasteiger partial charge on any atom is 0.116 e. The number of rotatable bonds is 0. The van der Waals surface area contributed by atoms with E-state index >= 15 is 0 Å². The van der Waals surface area contributed by atoms with E-state index in [0.29, 0.717) is 10.5 Å². The van der Waals surface area contributed by atoms with E-state index < -0.39 is 0 Å². The number of hydrogen-bond acceptors (Lipinski definition) is 1. The number of nitrogens with zero attached hydrogens (tertiary/aromatic N) is 1. The van der Waals surface area contributed by atoms with Crippen LogP contribution >= 0.6 is 11.6 Å². The quantitative estimate of drug-likeness (QED) is 0.483. The minimum absolute atomic E-state index is 0.602. The summed E-state index contributed by atoms with van der Waals surface area (Å²) < 4.78 is 0. The first-order valence-electron chi connectivity index (χ1n) is 2.58. The molecule has 0 aliphatic carbocycles. The van der Waals surface area contributed by atoms with Gasteiger partial charge in [-0.1, -0.05) is 17.1 Å². The molecule has 0 amide bonds. The van der Waals surface area contributed by atoms with Crippen LogP contribution in [0.15, 0.2) is 12.3 Å². The highest BCUT2D eigenvalue weighted by atomic mass is 35.5. The van der Waals surface area contributed by atoms with E-state index in [1.165, 1.54) is 0 Å². The molecule has 0 atom stereocenters. The Morgan fingerprint density at radius 2 is 2.33 bits per heavy atom. The molecule has 1 rings (SSSR count). The van der Waals surface area contributed by atoms with Crippen molar-refractivity contribution >= 4 is 24.9 Å². The Hall–Kier alpha value is -0.495. The third-order valence-electron chi connectivity index (χ3n) is 1.05. The summed E-state index contributed by atoms with van der Waals surface area (Å²) in [5.41, 5.74) is 1.41. The fraction of sp³-hybridized carbons (Fsp3) is 0.167. The molecule has 0 aliphatic rings. The van der Waals surface area contributed by atoms with Gasteiger partial charge in [-0.25, -0.2) is 0 Å². The van der Waals surface area contributed by atoms with Crippen LogP contribution in [0.5, 0.6) is 0 Å². The molecule has 0 N–H and O–H groups in total. The van der Waals surface area contributed by atoms with Crippen molar-refractivity contribution in [1.82, 2.24) is 4.98 Å². The second-order valence-electron chi connectivity index (χ2n) is 1.84. The highest BCUT2D eigenvalue weighted by Crippen LogP contribution is 2.07. The molecule has 1 heterocycles. The first-order valence-corrected chi connectivity index (χ1v) is 2.95. The van der Waals surface area contributed by atoms with Crippen molar-refractivity contribution in [3.05, 3.63) is 23.0 Å². The van der Waals surface area contributed by atoms with Crippen LogP contribution < -0.4 is 5.46 Å². The van der Waals surface area contributed by atoms with Crippen molar-refractivity contribution in [3.8, 4) is 0 Å². The maximum absolute atomic E-state index is 5.67. The molecule has 0 fully saturated rings. The molecule has 2 radical (unpaired) electrons. The predicted molar refractivity (Wildman–Crippen MR) is 39.4 cm³/mol. The van der Waals surface area contributed by atoms with Crippen molar-refractivity contribution in [2.75, 3.05) is 0 Å². The molecule has 9 heavy (non-hydrogen) atoms. The molecule has 44 valence electrons. The van der Waals surface area contributed by atoms with Gasteiger partial charge < -0.3 is 0 Å². The topological polar surface area (TPSA) is 12.9 Å². The van der Waals surface area contributed by atoms with Gasteiger partial charge in [-0.05, 0) is 13.0 Å². The normalized spacial score (nSPS) is 9.56. The number of halogens is 1. The van der Waals surface area contributed by atoms with Crippen LogP contribution in [0.25, 0.3) is 0 Å². The minimum atomic E-state index is 0.602. The lowest BCUT2D eigenvalue weighted by atomic mass is 9.99. The lowest BCUT2D eigenvalue weighted by molar-refractivity contribution is 1.21. The highest BCUT2D eigenvalue weighted by Gasteiger charge is 1.92. The van der Waals surface area contributed by atoms with Gasteiger partial charge in [0.25, 0.3) is 0 Å². The first kappa shape index (κ1) is 6.62. The Bertz CT molecular complexity index is 224. The summed E-state index contributed by atoms with van der Waals surface area (Å²) in [7, 11) is 5.38. The molecule has 3 heteroatoms. The van der Waals surface area contributed by atoms with Crippen LogP contribution in [0.3, 0.4) is 0 Å². The van der Waals surface area contributed by atoms with Crippen molar-refractivity contribution in [2.24, 2.45) is 0 Å². The largest absolute Gasteiger partial charge is 0.261 e. The van der Waals surface area contributed by atoms with Crippen LogP contribution in [0.4, 0.5) is 0 Å². The molecule has 0 bridgehead atoms. The molecular formula is C6H5BClN. The van der Waals surface area contributed by atoms with Gasteiger partial charge in [-0.15, -0.1) is 0 Å². The third kappa shape index (κ3) is 1.45. The average Bonchev–Trinajstić information content (AvgIpc) is 1.80. The first-order chi connectivity index (χ1) is 4.20. The SMILES string of the molecule is [B]c1cnc(C)c(Cl)c1. The molecule has 0 saturated heterocycles. The van der Waals surface area contributed by atoms with Crippen molar-refractivity contribution < 1.29 is 0 Å². The van der Waals surface area contributed by atoms with E-state index in [-0.39, 0.29) is 0 Å². The van der Waals surface area contributed by atoms with Crippen LogP contribution in [0, 0.1) is 6.92 Å². The average molecular weight is 137 g/mol. The van der Waals surface area contributed by atoms with E-state index in [1.54, 1.807) is 12.3 Å². The third-order valence-corrected chi connectivity index (χ3v) is 1.43. The summed E-state index contributed by atoms with van der Waals surface area (Å²) in [5.74, 6) is 0. The summed E-state index contributed by atoms with van der Waals surface area (Å²) in [5, 5.41) is 0.620. The van der Waals surface area contributed by atoms with E-state index in [4.69, 9.17) is 19.4 Å². The molecule has 1 aromatic heterocycles. The Labute approximate surface area is 60.5 Å². The zero-order chi connectivity index (χ0) is 6.85. The second kappa shape index (κ2) is 2.40. The van der Waals surface area contributed by atoms with Gasteiger partial charge >= 0.3 is 0 Å². The van der Waals surface area contributed by atoms with Gasteiger partial charge in [0.1, 0.15) is 7.85 Å². The smallest absolute Gasteiger partial charge is 0.116 e. The van der Waals surface area contributed by atoms with Gasteiger partial charge in [0.15, 0.2) is 0 Å². The zero-order valence-electron chi connectivity index (χ0n) is 5.06. The molecule has 0 spiro atoms. The zero-order valence-corrected chi connectivity index (χ0v) is 5.81. The van der Waals surface area contributed by atoms with E-state index in [1.807, 2.05) is 6.92 Å². The lowest BCUT2D eigenvalue weighted by Gasteiger charge is -1.95. The van der Waals surface area contributed by atoms with E-state index in [9.17, 15) is 0 Å². The van der Waals surface area contributed by atoms with Crippen LogP contribution in [-0.4, -0.2) is 12.8 Å². The predicted octanol–water partition coefficient (Wildman–Crippen LogP) is 0.837. The maximum atomic E-state index is 5.67. The molecule has 1 aromatic rings. The molecule has 0 unspecified atom stereocenters. The molecule has 0 aliphatic heterocycles. The Morgan fingerprint density at radius 3 is 2.78 bits per heavy atom. The monoisotopic (exact) mass is 137 g/mol. The number of pyridine rings is 1. The number of hydrogen-bond donors (Lipinski definition) is 0. The molecule has 1 nitrogen and oxygen atoms in total. The van der Waals surface area contributed by atoms with E-state index in [2.05, 4.69) is 4.98 Å². The summed E-state index contributed by atoms with van der Waals surface area (Å²) >= 11 is 5.67. The number of aryl methyl sites for hydroxylation is 1. The second-order valence-corrected chi connectivity index (χ2v) is 2.24. The van der Waals surface area contributed by atoms with Gasteiger partial charge in [0, 0.05) is 6.20 Å². The van der Waals surface area contributed by atoms with Gasteiger partial charge in [-0.2, -0.15) is 0 Å². The molecule has 0 aromatic carbocycles. The Morgan fingerprint density at radius 1 is 1.67 bits per heavy atom.